The van der Waals surface area contributed by atoms with Crippen LogP contribution < -0.4 is 20.8 Å². The standard InChI is InChI=1S/C17H25BN2O6/c1-11(21)20-13-7-6-12(10-14(13)24-9-8-19-15(22)23)18-25-16(2,3)17(4,5)26-18/h6-7,10,19H,8-9H2,1-5H3,(H,20,21)(H,22,23). The molecule has 1 aliphatic rings. The Morgan fingerprint density at radius 3 is 2.35 bits per heavy atom. The van der Waals surface area contributed by atoms with E-state index in [0.29, 0.717) is 11.4 Å². The van der Waals surface area contributed by atoms with Crippen molar-refractivity contribution in [2.45, 2.75) is 45.8 Å². The van der Waals surface area contributed by atoms with Crippen LogP contribution >= 0.6 is 0 Å². The molecule has 26 heavy (non-hydrogen) atoms. The Hall–Kier alpha value is -2.26. The smallest absolute Gasteiger partial charge is 0.490 e. The molecule has 9 heteroatoms. The summed E-state index contributed by atoms with van der Waals surface area (Å²) in [5.41, 5.74) is 0.299. The molecule has 8 nitrogen and oxygen atoms in total. The molecule has 1 heterocycles. The first-order valence-corrected chi connectivity index (χ1v) is 8.38. The molecule has 1 saturated heterocycles. The van der Waals surface area contributed by atoms with E-state index in [9.17, 15) is 9.59 Å². The first-order chi connectivity index (χ1) is 12.0. The summed E-state index contributed by atoms with van der Waals surface area (Å²) in [6.45, 7) is 9.50. The highest BCUT2D eigenvalue weighted by Gasteiger charge is 2.51. The van der Waals surface area contributed by atoms with Gasteiger partial charge in [0.2, 0.25) is 5.91 Å². The maximum atomic E-state index is 11.4. The molecule has 0 spiro atoms. The zero-order chi connectivity index (χ0) is 19.5. The highest BCUT2D eigenvalue weighted by atomic mass is 16.7. The summed E-state index contributed by atoms with van der Waals surface area (Å²) in [5, 5.41) is 13.5. The van der Waals surface area contributed by atoms with Crippen LogP contribution in [0.2, 0.25) is 0 Å². The lowest BCUT2D eigenvalue weighted by Gasteiger charge is -2.32. The second-order valence-corrected chi connectivity index (χ2v) is 7.11. The number of rotatable bonds is 6. The van der Waals surface area contributed by atoms with Crippen LogP contribution in [0.4, 0.5) is 10.5 Å². The van der Waals surface area contributed by atoms with Gasteiger partial charge in [-0.1, -0.05) is 6.07 Å². The lowest BCUT2D eigenvalue weighted by atomic mass is 9.79. The second-order valence-electron chi connectivity index (χ2n) is 7.11. The van der Waals surface area contributed by atoms with Gasteiger partial charge in [0.25, 0.3) is 0 Å². The van der Waals surface area contributed by atoms with E-state index in [1.54, 1.807) is 18.2 Å². The summed E-state index contributed by atoms with van der Waals surface area (Å²) in [7, 11) is -0.564. The predicted octanol–water partition coefficient (Wildman–Crippen LogP) is 1.59. The van der Waals surface area contributed by atoms with Crippen LogP contribution in [0.5, 0.6) is 5.75 Å². The zero-order valence-corrected chi connectivity index (χ0v) is 15.7. The molecule has 142 valence electrons. The Morgan fingerprint density at radius 1 is 1.19 bits per heavy atom. The van der Waals surface area contributed by atoms with Gasteiger partial charge in [-0.25, -0.2) is 4.79 Å². The molecule has 0 saturated carbocycles. The van der Waals surface area contributed by atoms with Gasteiger partial charge in [-0.3, -0.25) is 4.79 Å². The number of amides is 2. The van der Waals surface area contributed by atoms with E-state index >= 15 is 0 Å². The number of hydrogen-bond donors (Lipinski definition) is 3. The second kappa shape index (κ2) is 7.55. The van der Waals surface area contributed by atoms with Crippen molar-refractivity contribution in [2.24, 2.45) is 0 Å². The highest BCUT2D eigenvalue weighted by Crippen LogP contribution is 2.37. The number of carbonyl (C=O) groups is 2. The van der Waals surface area contributed by atoms with Crippen molar-refractivity contribution in [2.75, 3.05) is 18.5 Å². The summed E-state index contributed by atoms with van der Waals surface area (Å²) in [5.74, 6) is 0.182. The fourth-order valence-electron chi connectivity index (χ4n) is 2.40. The molecule has 2 amide bonds. The SMILES string of the molecule is CC(=O)Nc1ccc(B2OC(C)(C)C(C)(C)O2)cc1OCCNC(=O)O. The fraction of sp³-hybridized carbons (Fsp3) is 0.529. The molecule has 0 aromatic heterocycles. The maximum Gasteiger partial charge on any atom is 0.494 e. The molecule has 0 unspecified atom stereocenters. The summed E-state index contributed by atoms with van der Waals surface area (Å²) >= 11 is 0. The number of anilines is 1. The van der Waals surface area contributed by atoms with Gasteiger partial charge in [-0.15, -0.1) is 0 Å². The molecule has 0 atom stereocenters. The predicted molar refractivity (Wildman–Crippen MR) is 98.0 cm³/mol. The van der Waals surface area contributed by atoms with Crippen LogP contribution in [0.1, 0.15) is 34.6 Å². The molecule has 1 aliphatic heterocycles. The van der Waals surface area contributed by atoms with Gasteiger partial charge in [0.15, 0.2) is 0 Å². The average Bonchev–Trinajstić information content (AvgIpc) is 2.72. The van der Waals surface area contributed by atoms with E-state index in [0.717, 1.165) is 5.46 Å². The first-order valence-electron chi connectivity index (χ1n) is 8.38. The Balaban J connectivity index is 2.19. The minimum atomic E-state index is -1.12. The summed E-state index contributed by atoms with van der Waals surface area (Å²) in [6.07, 6.45) is -1.12. The third kappa shape index (κ3) is 4.67. The van der Waals surface area contributed by atoms with Crippen LogP contribution in [-0.2, 0) is 14.1 Å². The van der Waals surface area contributed by atoms with Crippen molar-refractivity contribution < 1.29 is 28.7 Å². The molecule has 0 aliphatic carbocycles. The van der Waals surface area contributed by atoms with Crippen LogP contribution in [0, 0.1) is 0 Å². The van der Waals surface area contributed by atoms with E-state index < -0.39 is 24.4 Å². The van der Waals surface area contributed by atoms with Gasteiger partial charge in [-0.05, 0) is 45.3 Å². The molecule has 1 aromatic carbocycles. The average molecular weight is 364 g/mol. The summed E-state index contributed by atoms with van der Waals surface area (Å²) in [6, 6.07) is 5.24. The van der Waals surface area contributed by atoms with Crippen LogP contribution in [0.15, 0.2) is 18.2 Å². The first kappa shape index (κ1) is 20.1. The molecular formula is C17H25BN2O6. The lowest BCUT2D eigenvalue weighted by Crippen LogP contribution is -2.41. The monoisotopic (exact) mass is 364 g/mol. The van der Waals surface area contributed by atoms with Gasteiger partial charge in [0.1, 0.15) is 12.4 Å². The highest BCUT2D eigenvalue weighted by molar-refractivity contribution is 6.62. The summed E-state index contributed by atoms with van der Waals surface area (Å²) in [4.78, 5) is 21.9. The van der Waals surface area contributed by atoms with E-state index in [4.69, 9.17) is 19.2 Å². The Bertz CT molecular complexity index is 676. The number of carboxylic acid groups (broad SMARTS) is 1. The van der Waals surface area contributed by atoms with Crippen molar-refractivity contribution >= 4 is 30.3 Å². The third-order valence-corrected chi connectivity index (χ3v) is 4.48. The largest absolute Gasteiger partial charge is 0.494 e. The molecule has 0 bridgehead atoms. The number of hydrogen-bond acceptors (Lipinski definition) is 5. The lowest BCUT2D eigenvalue weighted by molar-refractivity contribution is -0.114. The summed E-state index contributed by atoms with van der Waals surface area (Å²) < 4.78 is 17.7. The maximum absolute atomic E-state index is 11.4. The zero-order valence-electron chi connectivity index (χ0n) is 15.7. The van der Waals surface area contributed by atoms with Crippen molar-refractivity contribution in [3.8, 4) is 5.75 Å². The van der Waals surface area contributed by atoms with Crippen LogP contribution in [-0.4, -0.2) is 48.6 Å². The fourth-order valence-corrected chi connectivity index (χ4v) is 2.40. The molecular weight excluding hydrogens is 339 g/mol. The molecule has 1 fully saturated rings. The molecule has 0 radical (unpaired) electrons. The number of benzene rings is 1. The van der Waals surface area contributed by atoms with E-state index in [2.05, 4.69) is 10.6 Å². The number of ether oxygens (including phenoxy) is 1. The van der Waals surface area contributed by atoms with Gasteiger partial charge < -0.3 is 29.8 Å². The quantitative estimate of drug-likeness (QED) is 0.523. The minimum Gasteiger partial charge on any atom is -0.490 e. The molecule has 3 N–H and O–H groups in total. The van der Waals surface area contributed by atoms with Crippen LogP contribution in [0.25, 0.3) is 0 Å². The molecule has 1 aromatic rings. The van der Waals surface area contributed by atoms with Crippen LogP contribution in [0.3, 0.4) is 0 Å². The van der Waals surface area contributed by atoms with Gasteiger partial charge in [0.05, 0.1) is 23.4 Å². The normalized spacial score (nSPS) is 17.7. The van der Waals surface area contributed by atoms with Gasteiger partial charge in [0, 0.05) is 6.92 Å². The topological polar surface area (TPSA) is 106 Å². The van der Waals surface area contributed by atoms with E-state index in [-0.39, 0.29) is 19.1 Å². The number of nitrogens with one attached hydrogen (secondary N) is 2. The van der Waals surface area contributed by atoms with Crippen molar-refractivity contribution in [3.05, 3.63) is 18.2 Å². The Kier molecular flexibility index (Phi) is 5.82. The minimum absolute atomic E-state index is 0.117. The van der Waals surface area contributed by atoms with E-state index in [1.165, 1.54) is 6.92 Å². The Morgan fingerprint density at radius 2 is 1.81 bits per heavy atom. The third-order valence-electron chi connectivity index (χ3n) is 4.48. The van der Waals surface area contributed by atoms with Crippen molar-refractivity contribution in [1.29, 1.82) is 0 Å². The number of carbonyl (C=O) groups excluding carboxylic acids is 1. The van der Waals surface area contributed by atoms with E-state index in [1.807, 2.05) is 27.7 Å². The van der Waals surface area contributed by atoms with Gasteiger partial charge in [-0.2, -0.15) is 0 Å². The van der Waals surface area contributed by atoms with Crippen molar-refractivity contribution in [3.63, 3.8) is 0 Å². The Labute approximate surface area is 153 Å². The molecule has 2 rings (SSSR count). The van der Waals surface area contributed by atoms with Crippen molar-refractivity contribution in [1.82, 2.24) is 5.32 Å². The van der Waals surface area contributed by atoms with Gasteiger partial charge >= 0.3 is 13.2 Å².